The molecular weight excluding hydrogens is 436 g/mol. The predicted molar refractivity (Wildman–Crippen MR) is 122 cm³/mol. The lowest BCUT2D eigenvalue weighted by Crippen LogP contribution is -2.65. The van der Waals surface area contributed by atoms with Crippen LogP contribution in [0.3, 0.4) is 0 Å². The summed E-state index contributed by atoms with van der Waals surface area (Å²) >= 11 is 0. The zero-order chi connectivity index (χ0) is 23.8. The van der Waals surface area contributed by atoms with E-state index in [9.17, 15) is 15.0 Å². The highest BCUT2D eigenvalue weighted by molar-refractivity contribution is 5.93. The Labute approximate surface area is 198 Å². The zero-order valence-electron chi connectivity index (χ0n) is 19.1. The molecule has 3 unspecified atom stereocenters. The summed E-state index contributed by atoms with van der Waals surface area (Å²) in [5, 5.41) is 21.8. The normalized spacial score (nSPS) is 24.2. The monoisotopic (exact) mass is 464 g/mol. The van der Waals surface area contributed by atoms with Gasteiger partial charge in [-0.3, -0.25) is 14.8 Å². The van der Waals surface area contributed by atoms with E-state index >= 15 is 0 Å². The minimum atomic E-state index is -0.751. The second kappa shape index (κ2) is 9.41. The van der Waals surface area contributed by atoms with E-state index in [4.69, 9.17) is 16.0 Å². The van der Waals surface area contributed by atoms with Crippen molar-refractivity contribution in [3.8, 4) is 0 Å². The van der Waals surface area contributed by atoms with Crippen molar-refractivity contribution in [3.63, 3.8) is 0 Å². The van der Waals surface area contributed by atoms with Crippen molar-refractivity contribution in [1.82, 2.24) is 14.8 Å². The van der Waals surface area contributed by atoms with Gasteiger partial charge in [0.1, 0.15) is 12.7 Å². The molecule has 2 saturated heterocycles. The van der Waals surface area contributed by atoms with Gasteiger partial charge in [-0.1, -0.05) is 12.1 Å². The number of esters is 1. The molecule has 9 nitrogen and oxygen atoms in total. The number of hydrogen-bond donors (Lipinski definition) is 2. The number of aliphatic hydroxyl groups excluding tert-OH is 2. The van der Waals surface area contributed by atoms with E-state index in [0.717, 1.165) is 29.8 Å². The fourth-order valence-electron chi connectivity index (χ4n) is 5.29. The molecule has 2 N–H and O–H groups in total. The first kappa shape index (κ1) is 22.9. The number of carbonyl (C=O) groups is 1. The highest BCUT2D eigenvalue weighted by Crippen LogP contribution is 2.31. The second-order valence-corrected chi connectivity index (χ2v) is 9.23. The number of ether oxygens (including phenoxy) is 2. The van der Waals surface area contributed by atoms with Gasteiger partial charge in [-0.15, -0.1) is 0 Å². The number of carbonyl (C=O) groups excluding carboxylic acids is 1. The number of β-amino-alcohol motifs (C(OH)–C–C–N with tert-alkyl or cyclic N) is 1. The third-order valence-corrected chi connectivity index (χ3v) is 7.12. The summed E-state index contributed by atoms with van der Waals surface area (Å²) in [7, 11) is 0. The molecule has 0 amide bonds. The molecular formula is C25H28N4O5. The summed E-state index contributed by atoms with van der Waals surface area (Å²) in [4.78, 5) is 23.9. The number of nitrogens with zero attached hydrogens (tertiary/aromatic N) is 4. The number of hydrogen-bond acceptors (Lipinski definition) is 8. The van der Waals surface area contributed by atoms with Crippen molar-refractivity contribution in [2.24, 2.45) is 0 Å². The highest BCUT2D eigenvalue weighted by Gasteiger charge is 2.39. The first-order valence-electron chi connectivity index (χ1n) is 11.5. The summed E-state index contributed by atoms with van der Waals surface area (Å²) in [6.45, 7) is 12.7. The summed E-state index contributed by atoms with van der Waals surface area (Å²) in [6, 6.07) is 7.15. The number of pyridine rings is 1. The lowest BCUT2D eigenvalue weighted by molar-refractivity contribution is -0.113. The minimum Gasteiger partial charge on any atom is -0.457 e. The summed E-state index contributed by atoms with van der Waals surface area (Å²) in [6.07, 6.45) is 0.0571. The summed E-state index contributed by atoms with van der Waals surface area (Å²) < 4.78 is 10.9. The molecule has 0 aliphatic carbocycles. The fourth-order valence-corrected chi connectivity index (χ4v) is 5.29. The minimum absolute atomic E-state index is 0.101. The lowest BCUT2D eigenvalue weighted by atomic mass is 9.94. The first-order chi connectivity index (χ1) is 16.4. The van der Waals surface area contributed by atoms with Gasteiger partial charge in [0.15, 0.2) is 0 Å². The molecule has 34 heavy (non-hydrogen) atoms. The lowest BCUT2D eigenvalue weighted by Gasteiger charge is -2.50. The van der Waals surface area contributed by atoms with Crippen molar-refractivity contribution in [3.05, 3.63) is 69.8 Å². The van der Waals surface area contributed by atoms with Gasteiger partial charge in [0.05, 0.1) is 37.1 Å². The molecule has 9 heteroatoms. The molecule has 4 atom stereocenters. The van der Waals surface area contributed by atoms with Gasteiger partial charge in [-0.25, -0.2) is 9.64 Å². The van der Waals surface area contributed by atoms with E-state index < -0.39 is 12.2 Å². The molecule has 2 bridgehead atoms. The SMILES string of the molecule is [C-]#[N+]c1ccc(C(O)CN2C3COCC2CN(C[C@H](O)c2ccc4c(c2C)COC4=O)C3)nc1. The number of morpholine rings is 1. The number of benzene rings is 1. The molecule has 2 fully saturated rings. The Balaban J connectivity index is 1.24. The van der Waals surface area contributed by atoms with Crippen LogP contribution in [0.25, 0.3) is 4.85 Å². The van der Waals surface area contributed by atoms with Crippen LogP contribution >= 0.6 is 0 Å². The van der Waals surface area contributed by atoms with E-state index in [0.29, 0.717) is 43.2 Å². The van der Waals surface area contributed by atoms with Crippen LogP contribution in [0.5, 0.6) is 0 Å². The Bertz CT molecular complexity index is 1100. The van der Waals surface area contributed by atoms with Gasteiger partial charge >= 0.3 is 5.97 Å². The predicted octanol–water partition coefficient (Wildman–Crippen LogP) is 1.76. The van der Waals surface area contributed by atoms with E-state index in [-0.39, 0.29) is 24.7 Å². The van der Waals surface area contributed by atoms with E-state index in [1.807, 2.05) is 13.0 Å². The van der Waals surface area contributed by atoms with Gasteiger partial charge in [0.2, 0.25) is 5.69 Å². The Kier molecular flexibility index (Phi) is 6.34. The maximum Gasteiger partial charge on any atom is 0.338 e. The van der Waals surface area contributed by atoms with Crippen LogP contribution < -0.4 is 0 Å². The van der Waals surface area contributed by atoms with Crippen molar-refractivity contribution in [2.75, 3.05) is 39.4 Å². The number of cyclic esters (lactones) is 1. The van der Waals surface area contributed by atoms with Gasteiger partial charge in [0, 0.05) is 50.0 Å². The molecule has 0 saturated carbocycles. The van der Waals surface area contributed by atoms with Crippen LogP contribution in [0, 0.1) is 13.5 Å². The van der Waals surface area contributed by atoms with Gasteiger partial charge in [-0.05, 0) is 30.2 Å². The van der Waals surface area contributed by atoms with E-state index in [1.54, 1.807) is 18.2 Å². The Morgan fingerprint density at radius 1 is 1.15 bits per heavy atom. The third-order valence-electron chi connectivity index (χ3n) is 7.12. The molecule has 0 radical (unpaired) electrons. The summed E-state index contributed by atoms with van der Waals surface area (Å²) in [5.41, 5.74) is 4.20. The fraction of sp³-hybridized carbons (Fsp3) is 0.480. The summed E-state index contributed by atoms with van der Waals surface area (Å²) in [5.74, 6) is -0.303. The van der Waals surface area contributed by atoms with Gasteiger partial charge in [-0.2, -0.15) is 0 Å². The van der Waals surface area contributed by atoms with Crippen LogP contribution in [0.4, 0.5) is 5.69 Å². The third kappa shape index (κ3) is 4.31. The molecule has 2 aromatic rings. The van der Waals surface area contributed by atoms with E-state index in [2.05, 4.69) is 19.6 Å². The quantitative estimate of drug-likeness (QED) is 0.493. The maximum absolute atomic E-state index is 11.8. The molecule has 1 aromatic heterocycles. The maximum atomic E-state index is 11.8. The van der Waals surface area contributed by atoms with Crippen LogP contribution in [-0.2, 0) is 16.1 Å². The smallest absolute Gasteiger partial charge is 0.338 e. The highest BCUT2D eigenvalue weighted by atomic mass is 16.5. The standard InChI is InChI=1S/C25H28N4O5/c1-15-19(4-5-20-21(15)14-34-25(20)32)23(30)10-28-8-17-12-33-13-18(9-28)29(17)11-24(31)22-6-3-16(26-2)7-27-22/h3-7,17-18,23-24,30-31H,8-14H2,1H3/t17?,18?,23-,24?/m0/s1. The molecule has 3 aliphatic heterocycles. The molecule has 4 heterocycles. The number of aromatic nitrogens is 1. The molecule has 5 rings (SSSR count). The van der Waals surface area contributed by atoms with E-state index in [1.165, 1.54) is 6.20 Å². The first-order valence-corrected chi connectivity index (χ1v) is 11.5. The van der Waals surface area contributed by atoms with Crippen molar-refractivity contribution in [1.29, 1.82) is 0 Å². The van der Waals surface area contributed by atoms with Gasteiger partial charge < -0.3 is 19.7 Å². The van der Waals surface area contributed by atoms with Crippen LogP contribution in [-0.4, -0.2) is 82.4 Å². The van der Waals surface area contributed by atoms with Crippen LogP contribution in [0.2, 0.25) is 0 Å². The molecule has 3 aliphatic rings. The number of aliphatic hydroxyl groups is 2. The second-order valence-electron chi connectivity index (χ2n) is 9.23. The Morgan fingerprint density at radius 2 is 1.91 bits per heavy atom. The molecule has 178 valence electrons. The Morgan fingerprint density at radius 3 is 2.59 bits per heavy atom. The number of rotatable bonds is 6. The molecule has 1 aromatic carbocycles. The Hall–Kier alpha value is -2.87. The topological polar surface area (TPSA) is 99.7 Å². The van der Waals surface area contributed by atoms with Crippen LogP contribution in [0.1, 0.15) is 45.0 Å². The number of fused-ring (bicyclic) bond motifs is 3. The van der Waals surface area contributed by atoms with Crippen LogP contribution in [0.15, 0.2) is 30.5 Å². The zero-order valence-corrected chi connectivity index (χ0v) is 19.1. The molecule has 0 spiro atoms. The van der Waals surface area contributed by atoms with Crippen molar-refractivity contribution in [2.45, 2.75) is 37.8 Å². The average Bonchev–Trinajstić information content (AvgIpc) is 3.21. The number of piperazine rings is 1. The van der Waals surface area contributed by atoms with Gasteiger partial charge in [0.25, 0.3) is 0 Å². The van der Waals surface area contributed by atoms with Crippen molar-refractivity contribution >= 4 is 11.7 Å². The van der Waals surface area contributed by atoms with Crippen molar-refractivity contribution < 1.29 is 24.5 Å². The largest absolute Gasteiger partial charge is 0.457 e. The average molecular weight is 465 g/mol.